The second-order valence-corrected chi connectivity index (χ2v) is 6.63. The maximum absolute atomic E-state index is 12.4. The van der Waals surface area contributed by atoms with Crippen molar-refractivity contribution >= 4 is 29.0 Å². The van der Waals surface area contributed by atoms with Crippen molar-refractivity contribution in [2.45, 2.75) is 26.9 Å². The Morgan fingerprint density at radius 3 is 2.64 bits per heavy atom. The zero-order chi connectivity index (χ0) is 18.4. The van der Waals surface area contributed by atoms with Crippen molar-refractivity contribution in [1.29, 1.82) is 0 Å². The van der Waals surface area contributed by atoms with Crippen LogP contribution in [0.5, 0.6) is 11.5 Å². The molecule has 1 aliphatic rings. The van der Waals surface area contributed by atoms with Crippen LogP contribution in [-0.2, 0) is 9.53 Å². The number of thioether (sulfide) groups is 1. The molecule has 1 fully saturated rings. The second kappa shape index (κ2) is 8.92. The molecule has 25 heavy (non-hydrogen) atoms. The minimum Gasteiger partial charge on any atom is -0.490 e. The normalized spacial score (nSPS) is 16.2. The van der Waals surface area contributed by atoms with E-state index in [1.54, 1.807) is 6.08 Å². The third-order valence-corrected chi connectivity index (χ3v) is 4.23. The molecular weight excluding hydrogens is 342 g/mol. The first kappa shape index (κ1) is 19.3. The van der Waals surface area contributed by atoms with Crippen LogP contribution in [0.15, 0.2) is 23.1 Å². The predicted octanol–water partition coefficient (Wildman–Crippen LogP) is 3.56. The van der Waals surface area contributed by atoms with Gasteiger partial charge in [0.2, 0.25) is 0 Å². The summed E-state index contributed by atoms with van der Waals surface area (Å²) < 4.78 is 16.3. The van der Waals surface area contributed by atoms with Gasteiger partial charge in [0.25, 0.3) is 11.1 Å². The average molecular weight is 365 g/mol. The standard InChI is InChI=1S/C18H23NO5S/c1-5-23-15-10-13(6-7-14(15)24-12(2)3)11-16-17(20)19(8-9-22-4)18(21)25-16/h6-7,10-12H,5,8-9H2,1-4H3/b16-11+. The third-order valence-electron chi connectivity index (χ3n) is 3.32. The molecule has 0 atom stereocenters. The summed E-state index contributed by atoms with van der Waals surface area (Å²) in [6.45, 7) is 6.86. The lowest BCUT2D eigenvalue weighted by Crippen LogP contribution is -2.31. The molecule has 7 heteroatoms. The molecule has 0 aromatic heterocycles. The van der Waals surface area contributed by atoms with Crippen LogP contribution in [0.4, 0.5) is 4.79 Å². The highest BCUT2D eigenvalue weighted by atomic mass is 32.2. The Morgan fingerprint density at radius 1 is 1.24 bits per heavy atom. The van der Waals surface area contributed by atoms with Crippen LogP contribution in [-0.4, -0.2) is 49.0 Å². The van der Waals surface area contributed by atoms with Gasteiger partial charge in [-0.25, -0.2) is 0 Å². The zero-order valence-corrected chi connectivity index (χ0v) is 15.7. The molecule has 2 rings (SSSR count). The third kappa shape index (κ3) is 4.99. The molecule has 0 bridgehead atoms. The van der Waals surface area contributed by atoms with Gasteiger partial charge in [0.1, 0.15) is 0 Å². The van der Waals surface area contributed by atoms with Crippen LogP contribution < -0.4 is 9.47 Å². The largest absolute Gasteiger partial charge is 0.490 e. The summed E-state index contributed by atoms with van der Waals surface area (Å²) in [6, 6.07) is 5.46. The van der Waals surface area contributed by atoms with Crippen molar-refractivity contribution in [3.63, 3.8) is 0 Å². The number of hydrogen-bond acceptors (Lipinski definition) is 6. The van der Waals surface area contributed by atoms with Gasteiger partial charge in [0.05, 0.1) is 30.8 Å². The van der Waals surface area contributed by atoms with Crippen LogP contribution in [0.2, 0.25) is 0 Å². The summed E-state index contributed by atoms with van der Waals surface area (Å²) in [5, 5.41) is -0.280. The van der Waals surface area contributed by atoms with E-state index in [4.69, 9.17) is 14.2 Å². The molecule has 0 spiro atoms. The molecule has 1 aliphatic heterocycles. The van der Waals surface area contributed by atoms with Gasteiger partial charge in [-0.15, -0.1) is 0 Å². The van der Waals surface area contributed by atoms with Crippen molar-refractivity contribution in [1.82, 2.24) is 4.90 Å². The fraction of sp³-hybridized carbons (Fsp3) is 0.444. The Morgan fingerprint density at radius 2 is 2.00 bits per heavy atom. The highest BCUT2D eigenvalue weighted by Gasteiger charge is 2.34. The molecule has 0 aliphatic carbocycles. The number of benzene rings is 1. The predicted molar refractivity (Wildman–Crippen MR) is 97.9 cm³/mol. The summed E-state index contributed by atoms with van der Waals surface area (Å²) in [6.07, 6.45) is 1.72. The fourth-order valence-electron chi connectivity index (χ4n) is 2.26. The van der Waals surface area contributed by atoms with E-state index >= 15 is 0 Å². The second-order valence-electron chi connectivity index (χ2n) is 5.63. The highest BCUT2D eigenvalue weighted by Crippen LogP contribution is 2.34. The summed E-state index contributed by atoms with van der Waals surface area (Å²) in [5.74, 6) is 0.971. The first-order valence-corrected chi connectivity index (χ1v) is 8.95. The van der Waals surface area contributed by atoms with E-state index in [0.717, 1.165) is 17.3 Å². The molecule has 0 radical (unpaired) electrons. The number of carbonyl (C=O) groups excluding carboxylic acids is 2. The average Bonchev–Trinajstić information content (AvgIpc) is 2.82. The summed E-state index contributed by atoms with van der Waals surface area (Å²) >= 11 is 0.932. The molecule has 1 saturated heterocycles. The molecule has 0 saturated carbocycles. The Balaban J connectivity index is 2.24. The first-order chi connectivity index (χ1) is 12.0. The van der Waals surface area contributed by atoms with E-state index in [9.17, 15) is 9.59 Å². The van der Waals surface area contributed by atoms with Crippen molar-refractivity contribution in [2.75, 3.05) is 26.9 Å². The van der Waals surface area contributed by atoms with Crippen LogP contribution >= 0.6 is 11.8 Å². The van der Waals surface area contributed by atoms with E-state index in [1.807, 2.05) is 39.0 Å². The fourth-order valence-corrected chi connectivity index (χ4v) is 3.13. The topological polar surface area (TPSA) is 65.1 Å². The van der Waals surface area contributed by atoms with Crippen LogP contribution in [0.3, 0.4) is 0 Å². The smallest absolute Gasteiger partial charge is 0.293 e. The molecule has 1 heterocycles. The molecule has 1 aromatic carbocycles. The molecule has 0 N–H and O–H groups in total. The molecular formula is C18H23NO5S. The van der Waals surface area contributed by atoms with Gasteiger partial charge < -0.3 is 14.2 Å². The monoisotopic (exact) mass is 365 g/mol. The Hall–Kier alpha value is -1.99. The number of methoxy groups -OCH3 is 1. The van der Waals surface area contributed by atoms with Gasteiger partial charge in [-0.2, -0.15) is 0 Å². The minimum atomic E-state index is -0.299. The van der Waals surface area contributed by atoms with Crippen molar-refractivity contribution in [3.05, 3.63) is 28.7 Å². The van der Waals surface area contributed by atoms with E-state index in [2.05, 4.69) is 0 Å². The number of nitrogens with zero attached hydrogens (tertiary/aromatic N) is 1. The maximum atomic E-state index is 12.4. The number of amides is 2. The van der Waals surface area contributed by atoms with Gasteiger partial charge in [-0.1, -0.05) is 6.07 Å². The summed E-state index contributed by atoms with van der Waals surface area (Å²) in [7, 11) is 1.53. The SMILES string of the molecule is CCOc1cc(/C=C2/SC(=O)N(CCOC)C2=O)ccc1OC(C)C. The molecule has 136 valence electrons. The van der Waals surface area contributed by atoms with E-state index in [-0.39, 0.29) is 23.8 Å². The van der Waals surface area contributed by atoms with E-state index < -0.39 is 0 Å². The Labute approximate surface area is 152 Å². The molecule has 0 unspecified atom stereocenters. The van der Waals surface area contributed by atoms with Crippen LogP contribution in [0.25, 0.3) is 6.08 Å². The molecule has 6 nitrogen and oxygen atoms in total. The number of hydrogen-bond donors (Lipinski definition) is 0. The molecule has 1 aromatic rings. The Bertz CT molecular complexity index is 671. The lowest BCUT2D eigenvalue weighted by molar-refractivity contribution is -0.123. The lowest BCUT2D eigenvalue weighted by Gasteiger charge is -2.15. The number of rotatable bonds is 8. The van der Waals surface area contributed by atoms with Crippen LogP contribution in [0.1, 0.15) is 26.3 Å². The summed E-state index contributed by atoms with van der Waals surface area (Å²) in [5.41, 5.74) is 0.775. The number of ether oxygens (including phenoxy) is 3. The van der Waals surface area contributed by atoms with Crippen LogP contribution in [0, 0.1) is 0 Å². The maximum Gasteiger partial charge on any atom is 0.293 e. The quantitative estimate of drug-likeness (QED) is 0.657. The number of imide groups is 1. The minimum absolute atomic E-state index is 0.0299. The van der Waals surface area contributed by atoms with Crippen molar-refractivity contribution in [3.8, 4) is 11.5 Å². The lowest BCUT2D eigenvalue weighted by atomic mass is 10.2. The first-order valence-electron chi connectivity index (χ1n) is 8.14. The van der Waals surface area contributed by atoms with E-state index in [0.29, 0.717) is 29.6 Å². The van der Waals surface area contributed by atoms with Gasteiger partial charge in [-0.05, 0) is 56.3 Å². The van der Waals surface area contributed by atoms with E-state index in [1.165, 1.54) is 12.0 Å². The van der Waals surface area contributed by atoms with Gasteiger partial charge in [0.15, 0.2) is 11.5 Å². The Kier molecular flexibility index (Phi) is 6.90. The van der Waals surface area contributed by atoms with Crippen molar-refractivity contribution in [2.24, 2.45) is 0 Å². The van der Waals surface area contributed by atoms with Crippen molar-refractivity contribution < 1.29 is 23.8 Å². The zero-order valence-electron chi connectivity index (χ0n) is 14.9. The van der Waals surface area contributed by atoms with Gasteiger partial charge >= 0.3 is 0 Å². The van der Waals surface area contributed by atoms with Gasteiger partial charge in [0, 0.05) is 7.11 Å². The van der Waals surface area contributed by atoms with Gasteiger partial charge in [-0.3, -0.25) is 14.5 Å². The number of carbonyl (C=O) groups is 2. The molecule has 2 amide bonds. The highest BCUT2D eigenvalue weighted by molar-refractivity contribution is 8.18. The summed E-state index contributed by atoms with van der Waals surface area (Å²) in [4.78, 5) is 25.9.